The summed E-state index contributed by atoms with van der Waals surface area (Å²) in [5.74, 6) is -0.269. The van der Waals surface area contributed by atoms with E-state index in [2.05, 4.69) is 15.0 Å². The van der Waals surface area contributed by atoms with Crippen molar-refractivity contribution in [1.82, 2.24) is 15.0 Å². The van der Waals surface area contributed by atoms with Crippen molar-refractivity contribution in [3.05, 3.63) is 47.9 Å². The standard InChI is InChI=1S/C12H12FN3O2/c1-12(17,9-4-3-8(13)7-16-9)10-11(18-2)15-6-5-14-10/h3-7,17H,1-2H3. The third-order valence-electron chi connectivity index (χ3n) is 2.55. The molecular formula is C12H12FN3O2. The van der Waals surface area contributed by atoms with Gasteiger partial charge in [-0.15, -0.1) is 0 Å². The molecule has 2 aromatic heterocycles. The molecule has 1 unspecified atom stereocenters. The Hall–Kier alpha value is -2.08. The highest BCUT2D eigenvalue weighted by Gasteiger charge is 2.32. The first kappa shape index (κ1) is 12.4. The molecule has 2 aromatic rings. The van der Waals surface area contributed by atoms with Gasteiger partial charge < -0.3 is 9.84 Å². The fourth-order valence-corrected chi connectivity index (χ4v) is 1.59. The molecule has 1 N–H and O–H groups in total. The van der Waals surface area contributed by atoms with Gasteiger partial charge in [-0.1, -0.05) is 0 Å². The van der Waals surface area contributed by atoms with Gasteiger partial charge in [-0.25, -0.2) is 9.37 Å². The highest BCUT2D eigenvalue weighted by atomic mass is 19.1. The quantitative estimate of drug-likeness (QED) is 0.887. The van der Waals surface area contributed by atoms with Crippen molar-refractivity contribution in [2.75, 3.05) is 7.11 Å². The van der Waals surface area contributed by atoms with Crippen molar-refractivity contribution >= 4 is 0 Å². The smallest absolute Gasteiger partial charge is 0.238 e. The summed E-state index contributed by atoms with van der Waals surface area (Å²) in [6.07, 6.45) is 3.93. The first-order valence-electron chi connectivity index (χ1n) is 5.25. The van der Waals surface area contributed by atoms with Crippen LogP contribution >= 0.6 is 0 Å². The number of aliphatic hydroxyl groups is 1. The fourth-order valence-electron chi connectivity index (χ4n) is 1.59. The van der Waals surface area contributed by atoms with Crippen molar-refractivity contribution in [3.8, 4) is 5.88 Å². The van der Waals surface area contributed by atoms with Crippen LogP contribution in [0.3, 0.4) is 0 Å². The van der Waals surface area contributed by atoms with Gasteiger partial charge in [-0.05, 0) is 19.1 Å². The van der Waals surface area contributed by atoms with Crippen molar-refractivity contribution in [3.63, 3.8) is 0 Å². The summed E-state index contributed by atoms with van der Waals surface area (Å²) in [6.45, 7) is 1.50. The van der Waals surface area contributed by atoms with Crippen LogP contribution in [0.25, 0.3) is 0 Å². The molecule has 0 bridgehead atoms. The lowest BCUT2D eigenvalue weighted by molar-refractivity contribution is 0.0881. The van der Waals surface area contributed by atoms with Crippen LogP contribution in [0.15, 0.2) is 30.7 Å². The van der Waals surface area contributed by atoms with E-state index in [1.54, 1.807) is 0 Å². The maximum absolute atomic E-state index is 12.8. The van der Waals surface area contributed by atoms with Gasteiger partial charge in [-0.3, -0.25) is 9.97 Å². The Bertz CT molecular complexity index is 543. The molecule has 0 aliphatic carbocycles. The molecular weight excluding hydrogens is 237 g/mol. The van der Waals surface area contributed by atoms with Crippen molar-refractivity contribution < 1.29 is 14.2 Å². The van der Waals surface area contributed by atoms with Crippen LogP contribution in [0.5, 0.6) is 5.88 Å². The zero-order valence-electron chi connectivity index (χ0n) is 9.96. The highest BCUT2D eigenvalue weighted by Crippen LogP contribution is 2.30. The predicted octanol–water partition coefficient (Wildman–Crippen LogP) is 1.28. The molecule has 0 radical (unpaired) electrons. The van der Waals surface area contributed by atoms with Gasteiger partial charge >= 0.3 is 0 Å². The number of hydrogen-bond donors (Lipinski definition) is 1. The SMILES string of the molecule is COc1nccnc1C(C)(O)c1ccc(F)cn1. The number of rotatable bonds is 3. The Morgan fingerprint density at radius 1 is 1.22 bits per heavy atom. The molecule has 0 saturated heterocycles. The molecule has 0 fully saturated rings. The van der Waals surface area contributed by atoms with E-state index < -0.39 is 11.4 Å². The van der Waals surface area contributed by atoms with Crippen molar-refractivity contribution in [2.45, 2.75) is 12.5 Å². The minimum Gasteiger partial charge on any atom is -0.480 e. The van der Waals surface area contributed by atoms with Crippen LogP contribution in [0.2, 0.25) is 0 Å². The minimum atomic E-state index is -1.51. The van der Waals surface area contributed by atoms with E-state index in [4.69, 9.17) is 4.74 Å². The van der Waals surface area contributed by atoms with Gasteiger partial charge in [0.05, 0.1) is 19.0 Å². The lowest BCUT2D eigenvalue weighted by Crippen LogP contribution is -2.26. The summed E-state index contributed by atoms with van der Waals surface area (Å²) in [7, 11) is 1.43. The average Bonchev–Trinajstić information content (AvgIpc) is 2.39. The predicted molar refractivity (Wildman–Crippen MR) is 61.5 cm³/mol. The molecule has 0 saturated carbocycles. The Morgan fingerprint density at radius 2 is 1.94 bits per heavy atom. The van der Waals surface area contributed by atoms with E-state index in [0.29, 0.717) is 0 Å². The van der Waals surface area contributed by atoms with Crippen LogP contribution in [0.4, 0.5) is 4.39 Å². The van der Waals surface area contributed by atoms with Gasteiger partial charge in [0.25, 0.3) is 0 Å². The molecule has 1 atom stereocenters. The molecule has 0 aliphatic heterocycles. The van der Waals surface area contributed by atoms with E-state index in [1.807, 2.05) is 0 Å². The van der Waals surface area contributed by atoms with Gasteiger partial charge in [0.2, 0.25) is 5.88 Å². The monoisotopic (exact) mass is 249 g/mol. The van der Waals surface area contributed by atoms with Gasteiger partial charge in [-0.2, -0.15) is 0 Å². The number of pyridine rings is 1. The highest BCUT2D eigenvalue weighted by molar-refractivity contribution is 5.32. The largest absolute Gasteiger partial charge is 0.480 e. The maximum atomic E-state index is 12.8. The fraction of sp³-hybridized carbons (Fsp3) is 0.250. The molecule has 0 aliphatic rings. The Labute approximate surface area is 103 Å². The maximum Gasteiger partial charge on any atom is 0.238 e. The zero-order valence-corrected chi connectivity index (χ0v) is 9.96. The molecule has 0 amide bonds. The summed E-state index contributed by atoms with van der Waals surface area (Å²) < 4.78 is 17.9. The van der Waals surface area contributed by atoms with Crippen LogP contribution < -0.4 is 4.74 Å². The Kier molecular flexibility index (Phi) is 3.20. The van der Waals surface area contributed by atoms with Crippen molar-refractivity contribution in [1.29, 1.82) is 0 Å². The van der Waals surface area contributed by atoms with E-state index in [9.17, 15) is 9.50 Å². The molecule has 5 nitrogen and oxygen atoms in total. The van der Waals surface area contributed by atoms with Gasteiger partial charge in [0, 0.05) is 12.4 Å². The molecule has 0 aromatic carbocycles. The topological polar surface area (TPSA) is 68.1 Å². The second-order valence-corrected chi connectivity index (χ2v) is 3.85. The number of aromatic nitrogens is 3. The number of halogens is 1. The van der Waals surface area contributed by atoms with Gasteiger partial charge in [0.1, 0.15) is 11.5 Å². The third kappa shape index (κ3) is 2.14. The summed E-state index contributed by atoms with van der Waals surface area (Å²) in [4.78, 5) is 11.9. The van der Waals surface area contributed by atoms with E-state index in [1.165, 1.54) is 38.6 Å². The van der Waals surface area contributed by atoms with E-state index in [0.717, 1.165) is 6.20 Å². The molecule has 18 heavy (non-hydrogen) atoms. The van der Waals surface area contributed by atoms with E-state index >= 15 is 0 Å². The summed E-state index contributed by atoms with van der Waals surface area (Å²) in [5, 5.41) is 10.5. The summed E-state index contributed by atoms with van der Waals surface area (Å²) >= 11 is 0. The zero-order chi connectivity index (χ0) is 13.2. The summed E-state index contributed by atoms with van der Waals surface area (Å²) in [5.41, 5.74) is -1.01. The Balaban J connectivity index is 2.50. The molecule has 94 valence electrons. The normalized spacial score (nSPS) is 14.0. The lowest BCUT2D eigenvalue weighted by atomic mass is 9.97. The molecule has 0 spiro atoms. The lowest BCUT2D eigenvalue weighted by Gasteiger charge is -2.22. The number of hydrogen-bond acceptors (Lipinski definition) is 5. The van der Waals surface area contributed by atoms with Crippen LogP contribution in [-0.2, 0) is 5.60 Å². The Morgan fingerprint density at radius 3 is 2.56 bits per heavy atom. The van der Waals surface area contributed by atoms with Crippen LogP contribution in [-0.4, -0.2) is 27.2 Å². The minimum absolute atomic E-state index is 0.202. The summed E-state index contributed by atoms with van der Waals surface area (Å²) in [6, 6.07) is 2.61. The van der Waals surface area contributed by atoms with Gasteiger partial charge in [0.15, 0.2) is 5.60 Å². The number of methoxy groups -OCH3 is 1. The second-order valence-electron chi connectivity index (χ2n) is 3.85. The molecule has 2 rings (SSSR count). The third-order valence-corrected chi connectivity index (χ3v) is 2.55. The molecule has 2 heterocycles. The second kappa shape index (κ2) is 4.66. The first-order chi connectivity index (χ1) is 8.55. The van der Waals surface area contributed by atoms with Crippen LogP contribution in [0, 0.1) is 5.82 Å². The van der Waals surface area contributed by atoms with E-state index in [-0.39, 0.29) is 17.3 Å². The van der Waals surface area contributed by atoms with Crippen molar-refractivity contribution in [2.24, 2.45) is 0 Å². The number of nitrogens with zero attached hydrogens (tertiary/aromatic N) is 3. The average molecular weight is 249 g/mol. The van der Waals surface area contributed by atoms with Crippen LogP contribution in [0.1, 0.15) is 18.3 Å². The molecule has 6 heteroatoms. The first-order valence-corrected chi connectivity index (χ1v) is 5.25. The number of ether oxygens (including phenoxy) is 1.